The molecule has 9 heavy (non-hydrogen) atoms. The van der Waals surface area contributed by atoms with Crippen molar-refractivity contribution < 1.29 is 0 Å². The number of hydrogen-bond donors (Lipinski definition) is 1. The van der Waals surface area contributed by atoms with Gasteiger partial charge in [0.25, 0.3) is 0 Å². The SMILES string of the molecule is C=C(CS)CN1CCC1. The van der Waals surface area contributed by atoms with Gasteiger partial charge in [-0.25, -0.2) is 0 Å². The summed E-state index contributed by atoms with van der Waals surface area (Å²) in [4.78, 5) is 2.39. The van der Waals surface area contributed by atoms with Gasteiger partial charge >= 0.3 is 0 Å². The molecule has 1 nitrogen and oxygen atoms in total. The van der Waals surface area contributed by atoms with Gasteiger partial charge in [0.1, 0.15) is 0 Å². The predicted octanol–water partition coefficient (Wildman–Crippen LogP) is 1.18. The Kier molecular flexibility index (Phi) is 2.61. The normalized spacial score (nSPS) is 19.2. The summed E-state index contributed by atoms with van der Waals surface area (Å²) in [5, 5.41) is 0. The molecule has 52 valence electrons. The molecule has 0 amide bonds. The van der Waals surface area contributed by atoms with Crippen LogP contribution in [-0.4, -0.2) is 30.3 Å². The zero-order chi connectivity index (χ0) is 6.69. The number of rotatable bonds is 3. The van der Waals surface area contributed by atoms with Crippen LogP contribution in [0.15, 0.2) is 12.2 Å². The van der Waals surface area contributed by atoms with Crippen molar-refractivity contribution in [2.24, 2.45) is 0 Å². The maximum Gasteiger partial charge on any atom is 0.0198 e. The van der Waals surface area contributed by atoms with Crippen LogP contribution in [0.4, 0.5) is 0 Å². The summed E-state index contributed by atoms with van der Waals surface area (Å²) < 4.78 is 0. The average molecular weight is 143 g/mol. The van der Waals surface area contributed by atoms with Crippen LogP contribution in [0.5, 0.6) is 0 Å². The highest BCUT2D eigenvalue weighted by atomic mass is 32.1. The molecule has 0 atom stereocenters. The van der Waals surface area contributed by atoms with Crippen LogP contribution >= 0.6 is 12.6 Å². The molecule has 1 saturated heterocycles. The van der Waals surface area contributed by atoms with E-state index in [2.05, 4.69) is 24.1 Å². The van der Waals surface area contributed by atoms with Crippen molar-refractivity contribution in [3.8, 4) is 0 Å². The van der Waals surface area contributed by atoms with Crippen LogP contribution in [0, 0.1) is 0 Å². The Labute approximate surface area is 62.1 Å². The first-order chi connectivity index (χ1) is 4.33. The highest BCUT2D eigenvalue weighted by Gasteiger charge is 2.12. The zero-order valence-electron chi connectivity index (χ0n) is 5.64. The Bertz CT molecular complexity index is 107. The lowest BCUT2D eigenvalue weighted by atomic mass is 10.2. The third-order valence-corrected chi connectivity index (χ3v) is 2.07. The second-order valence-electron chi connectivity index (χ2n) is 2.54. The van der Waals surface area contributed by atoms with Crippen LogP contribution in [0.2, 0.25) is 0 Å². The van der Waals surface area contributed by atoms with Crippen molar-refractivity contribution in [3.63, 3.8) is 0 Å². The van der Waals surface area contributed by atoms with Gasteiger partial charge in [0.15, 0.2) is 0 Å². The summed E-state index contributed by atoms with van der Waals surface area (Å²) in [5.41, 5.74) is 1.23. The van der Waals surface area contributed by atoms with E-state index in [9.17, 15) is 0 Å². The van der Waals surface area contributed by atoms with Gasteiger partial charge in [0.05, 0.1) is 0 Å². The third kappa shape index (κ3) is 2.03. The molecular weight excluding hydrogens is 130 g/mol. The van der Waals surface area contributed by atoms with E-state index in [1.54, 1.807) is 0 Å². The lowest BCUT2D eigenvalue weighted by molar-refractivity contribution is 0.199. The largest absolute Gasteiger partial charge is 0.299 e. The summed E-state index contributed by atoms with van der Waals surface area (Å²) >= 11 is 4.13. The Morgan fingerprint density at radius 2 is 2.22 bits per heavy atom. The molecule has 1 fully saturated rings. The molecule has 1 aliphatic rings. The van der Waals surface area contributed by atoms with Gasteiger partial charge in [0, 0.05) is 12.3 Å². The van der Waals surface area contributed by atoms with E-state index >= 15 is 0 Å². The molecule has 0 radical (unpaired) electrons. The second kappa shape index (κ2) is 3.28. The second-order valence-corrected chi connectivity index (χ2v) is 2.85. The molecule has 2 heteroatoms. The highest BCUT2D eigenvalue weighted by Crippen LogP contribution is 2.08. The predicted molar refractivity (Wildman–Crippen MR) is 44.1 cm³/mol. The molecule has 0 aliphatic carbocycles. The smallest absolute Gasteiger partial charge is 0.0198 e. The molecule has 0 unspecified atom stereocenters. The van der Waals surface area contributed by atoms with Gasteiger partial charge in [-0.1, -0.05) is 12.2 Å². The first-order valence-electron chi connectivity index (χ1n) is 3.33. The summed E-state index contributed by atoms with van der Waals surface area (Å²) in [6.45, 7) is 7.45. The minimum Gasteiger partial charge on any atom is -0.299 e. The van der Waals surface area contributed by atoms with Crippen LogP contribution in [0.1, 0.15) is 6.42 Å². The first-order valence-corrected chi connectivity index (χ1v) is 3.96. The zero-order valence-corrected chi connectivity index (χ0v) is 6.53. The van der Waals surface area contributed by atoms with Gasteiger partial charge in [-0.3, -0.25) is 4.90 Å². The molecule has 1 heterocycles. The molecule has 0 aromatic rings. The molecule has 0 N–H and O–H groups in total. The number of nitrogens with zero attached hydrogens (tertiary/aromatic N) is 1. The van der Waals surface area contributed by atoms with Crippen molar-refractivity contribution in [2.75, 3.05) is 25.4 Å². The molecule has 1 rings (SSSR count). The van der Waals surface area contributed by atoms with Gasteiger partial charge in [0.2, 0.25) is 0 Å². The minimum absolute atomic E-state index is 0.830. The molecule has 1 aliphatic heterocycles. The van der Waals surface area contributed by atoms with Crippen molar-refractivity contribution in [1.29, 1.82) is 0 Å². The van der Waals surface area contributed by atoms with E-state index in [0.717, 1.165) is 12.3 Å². The highest BCUT2D eigenvalue weighted by molar-refractivity contribution is 7.80. The van der Waals surface area contributed by atoms with Crippen molar-refractivity contribution in [1.82, 2.24) is 4.90 Å². The van der Waals surface area contributed by atoms with E-state index in [0.29, 0.717) is 0 Å². The summed E-state index contributed by atoms with van der Waals surface area (Å²) in [6.07, 6.45) is 1.36. The quantitative estimate of drug-likeness (QED) is 0.458. The summed E-state index contributed by atoms with van der Waals surface area (Å²) in [7, 11) is 0. The van der Waals surface area contributed by atoms with Gasteiger partial charge in [-0.2, -0.15) is 12.6 Å². The Morgan fingerprint density at radius 3 is 2.56 bits per heavy atom. The Hall–Kier alpha value is 0.0500. The average Bonchev–Trinajstić information content (AvgIpc) is 1.78. The number of likely N-dealkylation sites (tertiary alicyclic amines) is 1. The third-order valence-electron chi connectivity index (χ3n) is 1.62. The lowest BCUT2D eigenvalue weighted by Gasteiger charge is -2.30. The van der Waals surface area contributed by atoms with E-state index in [4.69, 9.17) is 0 Å². The van der Waals surface area contributed by atoms with E-state index in [-0.39, 0.29) is 0 Å². The van der Waals surface area contributed by atoms with Gasteiger partial charge in [-0.15, -0.1) is 0 Å². The van der Waals surface area contributed by atoms with Crippen molar-refractivity contribution >= 4 is 12.6 Å². The van der Waals surface area contributed by atoms with Gasteiger partial charge < -0.3 is 0 Å². The standard InChI is InChI=1S/C7H13NS/c1-7(6-9)5-8-3-2-4-8/h9H,1-6H2. The maximum atomic E-state index is 4.13. The van der Waals surface area contributed by atoms with Gasteiger partial charge in [-0.05, 0) is 19.5 Å². The molecule has 0 aromatic heterocycles. The molecule has 0 aromatic carbocycles. The monoisotopic (exact) mass is 143 g/mol. The number of thiol groups is 1. The molecule has 0 bridgehead atoms. The van der Waals surface area contributed by atoms with E-state index in [1.165, 1.54) is 25.1 Å². The summed E-state index contributed by atoms with van der Waals surface area (Å²) in [5.74, 6) is 0.830. The molecular formula is C7H13NS. The topological polar surface area (TPSA) is 3.24 Å². The fraction of sp³-hybridized carbons (Fsp3) is 0.714. The molecule has 0 saturated carbocycles. The Morgan fingerprint density at radius 1 is 1.56 bits per heavy atom. The van der Waals surface area contributed by atoms with Crippen molar-refractivity contribution in [2.45, 2.75) is 6.42 Å². The van der Waals surface area contributed by atoms with Crippen LogP contribution in [-0.2, 0) is 0 Å². The van der Waals surface area contributed by atoms with E-state index < -0.39 is 0 Å². The number of hydrogen-bond acceptors (Lipinski definition) is 2. The van der Waals surface area contributed by atoms with Crippen LogP contribution in [0.25, 0.3) is 0 Å². The van der Waals surface area contributed by atoms with Crippen LogP contribution in [0.3, 0.4) is 0 Å². The van der Waals surface area contributed by atoms with Crippen LogP contribution < -0.4 is 0 Å². The summed E-state index contributed by atoms with van der Waals surface area (Å²) in [6, 6.07) is 0. The fourth-order valence-corrected chi connectivity index (χ4v) is 1.01. The lowest BCUT2D eigenvalue weighted by Crippen LogP contribution is -2.38. The fourth-order valence-electron chi connectivity index (χ4n) is 0.906. The first kappa shape index (κ1) is 7.16. The Balaban J connectivity index is 2.09. The van der Waals surface area contributed by atoms with Crippen molar-refractivity contribution in [3.05, 3.63) is 12.2 Å². The maximum absolute atomic E-state index is 4.13. The van der Waals surface area contributed by atoms with E-state index in [1.807, 2.05) is 0 Å². The minimum atomic E-state index is 0.830. The molecule has 0 spiro atoms.